The van der Waals surface area contributed by atoms with E-state index in [2.05, 4.69) is 16.8 Å². The fraction of sp³-hybridized carbons (Fsp3) is 0.583. The van der Waals surface area contributed by atoms with E-state index in [1.165, 1.54) is 19.3 Å². The fourth-order valence-electron chi connectivity index (χ4n) is 2.13. The molecule has 0 atom stereocenters. The molecule has 0 radical (unpaired) electrons. The van der Waals surface area contributed by atoms with Gasteiger partial charge in [0.2, 0.25) is 0 Å². The van der Waals surface area contributed by atoms with Crippen molar-refractivity contribution in [2.45, 2.75) is 26.2 Å². The predicted octanol–water partition coefficient (Wildman–Crippen LogP) is 3.36. The summed E-state index contributed by atoms with van der Waals surface area (Å²) in [4.78, 5) is 6.70. The molecule has 1 aliphatic rings. The number of pyridine rings is 1. The van der Waals surface area contributed by atoms with Crippen molar-refractivity contribution in [3.8, 4) is 0 Å². The quantitative estimate of drug-likeness (QED) is 0.766. The minimum absolute atomic E-state index is 0.710. The standard InChI is InChI=1S/C12H17ClN2/c1-2-10-5-7-15(8-6-10)12-4-3-11(13)9-14-12/h3-4,9-10H,2,5-8H2,1H3. The molecule has 0 unspecified atom stereocenters. The summed E-state index contributed by atoms with van der Waals surface area (Å²) >= 11 is 5.82. The molecule has 0 bridgehead atoms. The second-order valence-corrected chi connectivity index (χ2v) is 4.61. The van der Waals surface area contributed by atoms with Gasteiger partial charge in [0, 0.05) is 19.3 Å². The summed E-state index contributed by atoms with van der Waals surface area (Å²) in [6.45, 7) is 4.54. The minimum Gasteiger partial charge on any atom is -0.357 e. The lowest BCUT2D eigenvalue weighted by molar-refractivity contribution is 0.394. The molecule has 0 saturated carbocycles. The van der Waals surface area contributed by atoms with Gasteiger partial charge in [-0.25, -0.2) is 4.98 Å². The average molecular weight is 225 g/mol. The molecule has 1 saturated heterocycles. The number of piperidine rings is 1. The highest BCUT2D eigenvalue weighted by Crippen LogP contribution is 2.24. The van der Waals surface area contributed by atoms with Crippen molar-refractivity contribution >= 4 is 17.4 Å². The highest BCUT2D eigenvalue weighted by Gasteiger charge is 2.18. The van der Waals surface area contributed by atoms with E-state index < -0.39 is 0 Å². The number of hydrogen-bond donors (Lipinski definition) is 0. The van der Waals surface area contributed by atoms with Crippen molar-refractivity contribution in [3.05, 3.63) is 23.4 Å². The Balaban J connectivity index is 1.98. The second kappa shape index (κ2) is 4.84. The molecule has 3 heteroatoms. The third-order valence-electron chi connectivity index (χ3n) is 3.23. The number of rotatable bonds is 2. The van der Waals surface area contributed by atoms with Crippen molar-refractivity contribution in [1.29, 1.82) is 0 Å². The van der Waals surface area contributed by atoms with Crippen LogP contribution >= 0.6 is 11.6 Å². The smallest absolute Gasteiger partial charge is 0.128 e. The van der Waals surface area contributed by atoms with Crippen LogP contribution in [0.25, 0.3) is 0 Å². The van der Waals surface area contributed by atoms with Gasteiger partial charge >= 0.3 is 0 Å². The van der Waals surface area contributed by atoms with Gasteiger partial charge < -0.3 is 4.90 Å². The molecular formula is C12H17ClN2. The lowest BCUT2D eigenvalue weighted by Gasteiger charge is -2.32. The topological polar surface area (TPSA) is 16.1 Å². The summed E-state index contributed by atoms with van der Waals surface area (Å²) in [7, 11) is 0. The molecular weight excluding hydrogens is 208 g/mol. The maximum absolute atomic E-state index is 5.82. The molecule has 1 aliphatic heterocycles. The van der Waals surface area contributed by atoms with E-state index in [4.69, 9.17) is 11.6 Å². The summed E-state index contributed by atoms with van der Waals surface area (Å²) in [5.74, 6) is 1.97. The minimum atomic E-state index is 0.710. The fourth-order valence-corrected chi connectivity index (χ4v) is 2.24. The number of hydrogen-bond acceptors (Lipinski definition) is 2. The average Bonchev–Trinajstić information content (AvgIpc) is 2.30. The first-order chi connectivity index (χ1) is 7.29. The Bertz CT molecular complexity index is 302. The van der Waals surface area contributed by atoms with Crippen molar-refractivity contribution in [3.63, 3.8) is 0 Å². The van der Waals surface area contributed by atoms with Crippen molar-refractivity contribution in [2.24, 2.45) is 5.92 Å². The van der Waals surface area contributed by atoms with E-state index in [1.807, 2.05) is 12.1 Å². The van der Waals surface area contributed by atoms with Gasteiger partial charge in [0.1, 0.15) is 5.82 Å². The second-order valence-electron chi connectivity index (χ2n) is 4.17. The largest absolute Gasteiger partial charge is 0.357 e. The van der Waals surface area contributed by atoms with Crippen LogP contribution in [-0.2, 0) is 0 Å². The molecule has 2 rings (SSSR count). The molecule has 1 aromatic rings. The third kappa shape index (κ3) is 2.63. The molecule has 1 fully saturated rings. The zero-order valence-corrected chi connectivity index (χ0v) is 9.87. The number of aromatic nitrogens is 1. The Morgan fingerprint density at radius 3 is 2.67 bits per heavy atom. The van der Waals surface area contributed by atoms with Crippen LogP contribution in [0.1, 0.15) is 26.2 Å². The Morgan fingerprint density at radius 1 is 1.40 bits per heavy atom. The van der Waals surface area contributed by atoms with Gasteiger partial charge in [0.25, 0.3) is 0 Å². The van der Waals surface area contributed by atoms with E-state index in [-0.39, 0.29) is 0 Å². The first-order valence-corrected chi connectivity index (χ1v) is 6.04. The molecule has 0 aliphatic carbocycles. The van der Waals surface area contributed by atoms with Gasteiger partial charge in [-0.15, -0.1) is 0 Å². The number of halogens is 1. The molecule has 15 heavy (non-hydrogen) atoms. The van der Waals surface area contributed by atoms with Gasteiger partial charge in [-0.2, -0.15) is 0 Å². The number of nitrogens with zero attached hydrogens (tertiary/aromatic N) is 2. The van der Waals surface area contributed by atoms with Crippen LogP contribution in [-0.4, -0.2) is 18.1 Å². The molecule has 0 spiro atoms. The van der Waals surface area contributed by atoms with Crippen LogP contribution in [0.2, 0.25) is 5.02 Å². The van der Waals surface area contributed by atoms with Gasteiger partial charge in [-0.3, -0.25) is 0 Å². The van der Waals surface area contributed by atoms with Crippen LogP contribution in [0.4, 0.5) is 5.82 Å². The lowest BCUT2D eigenvalue weighted by atomic mass is 9.94. The zero-order chi connectivity index (χ0) is 10.7. The van der Waals surface area contributed by atoms with Crippen LogP contribution in [0.15, 0.2) is 18.3 Å². The zero-order valence-electron chi connectivity index (χ0n) is 9.12. The van der Waals surface area contributed by atoms with E-state index in [9.17, 15) is 0 Å². The predicted molar refractivity (Wildman–Crippen MR) is 64.5 cm³/mol. The van der Waals surface area contributed by atoms with Crippen LogP contribution in [0.3, 0.4) is 0 Å². The van der Waals surface area contributed by atoms with E-state index >= 15 is 0 Å². The molecule has 0 amide bonds. The van der Waals surface area contributed by atoms with Crippen molar-refractivity contribution in [1.82, 2.24) is 4.98 Å². The Kier molecular flexibility index (Phi) is 3.47. The summed E-state index contributed by atoms with van der Waals surface area (Å²) in [6, 6.07) is 3.92. The normalized spacial score (nSPS) is 18.1. The summed E-state index contributed by atoms with van der Waals surface area (Å²) < 4.78 is 0. The SMILES string of the molecule is CCC1CCN(c2ccc(Cl)cn2)CC1. The van der Waals surface area contributed by atoms with Crippen LogP contribution in [0, 0.1) is 5.92 Å². The maximum atomic E-state index is 5.82. The van der Waals surface area contributed by atoms with E-state index in [0.29, 0.717) is 5.02 Å². The molecule has 1 aromatic heterocycles. The molecule has 0 N–H and O–H groups in total. The molecule has 82 valence electrons. The van der Waals surface area contributed by atoms with Gasteiger partial charge in [0.15, 0.2) is 0 Å². The van der Waals surface area contributed by atoms with Crippen LogP contribution < -0.4 is 4.90 Å². The lowest BCUT2D eigenvalue weighted by Crippen LogP contribution is -2.33. The first kappa shape index (κ1) is 10.7. The van der Waals surface area contributed by atoms with E-state index in [0.717, 1.165) is 24.8 Å². The Morgan fingerprint density at radius 2 is 2.13 bits per heavy atom. The van der Waals surface area contributed by atoms with Gasteiger partial charge in [-0.1, -0.05) is 24.9 Å². The monoisotopic (exact) mass is 224 g/mol. The molecule has 2 heterocycles. The van der Waals surface area contributed by atoms with E-state index in [1.54, 1.807) is 6.20 Å². The molecule has 0 aromatic carbocycles. The van der Waals surface area contributed by atoms with Crippen molar-refractivity contribution < 1.29 is 0 Å². The van der Waals surface area contributed by atoms with Gasteiger partial charge in [-0.05, 0) is 30.9 Å². The van der Waals surface area contributed by atoms with Gasteiger partial charge in [0.05, 0.1) is 5.02 Å². The Labute approximate surface area is 96.3 Å². The van der Waals surface area contributed by atoms with Crippen molar-refractivity contribution in [2.75, 3.05) is 18.0 Å². The Hall–Kier alpha value is -0.760. The summed E-state index contributed by atoms with van der Waals surface area (Å²) in [6.07, 6.45) is 5.62. The highest BCUT2D eigenvalue weighted by molar-refractivity contribution is 6.30. The first-order valence-electron chi connectivity index (χ1n) is 5.66. The molecule has 2 nitrogen and oxygen atoms in total. The highest BCUT2D eigenvalue weighted by atomic mass is 35.5. The third-order valence-corrected chi connectivity index (χ3v) is 3.45. The summed E-state index contributed by atoms with van der Waals surface area (Å²) in [5, 5.41) is 0.710. The number of anilines is 1. The van der Waals surface area contributed by atoms with Crippen LogP contribution in [0.5, 0.6) is 0 Å². The maximum Gasteiger partial charge on any atom is 0.128 e. The summed E-state index contributed by atoms with van der Waals surface area (Å²) in [5.41, 5.74) is 0.